The highest BCUT2D eigenvalue weighted by atomic mass is 32.2. The van der Waals surface area contributed by atoms with Crippen LogP contribution in [0, 0.1) is 0 Å². The molecule has 22 heavy (non-hydrogen) atoms. The van der Waals surface area contributed by atoms with Crippen LogP contribution in [0.3, 0.4) is 0 Å². The van der Waals surface area contributed by atoms with Crippen molar-refractivity contribution < 1.29 is 13.2 Å². The Kier molecular flexibility index (Phi) is 5.20. The quantitative estimate of drug-likeness (QED) is 0.854. The summed E-state index contributed by atoms with van der Waals surface area (Å²) in [7, 11) is -3.61. The molecular formula is C15H23N3O3S. The van der Waals surface area contributed by atoms with Gasteiger partial charge in [0.2, 0.25) is 10.0 Å². The first-order valence-corrected chi connectivity index (χ1v) is 9.15. The predicted molar refractivity (Wildman–Crippen MR) is 85.6 cm³/mol. The smallest absolute Gasteiger partial charge is 0.254 e. The Hall–Kier alpha value is -1.44. The molecule has 4 N–H and O–H groups in total. The lowest BCUT2D eigenvalue weighted by Crippen LogP contribution is -2.51. The average Bonchev–Trinajstić information content (AvgIpc) is 2.45. The van der Waals surface area contributed by atoms with Crippen LogP contribution in [0.25, 0.3) is 0 Å². The van der Waals surface area contributed by atoms with Crippen LogP contribution in [0.15, 0.2) is 24.3 Å². The minimum atomic E-state index is -3.61. The molecule has 0 saturated carbocycles. The molecule has 1 saturated heterocycles. The number of nitrogens with zero attached hydrogens (tertiary/aromatic N) is 1. The molecule has 1 aromatic rings. The maximum atomic E-state index is 12.7. The molecule has 1 aliphatic rings. The lowest BCUT2D eigenvalue weighted by molar-refractivity contribution is 0.0583. The topological polar surface area (TPSA) is 106 Å². The molecular weight excluding hydrogens is 302 g/mol. The molecule has 0 aliphatic carbocycles. The van der Waals surface area contributed by atoms with Gasteiger partial charge in [0.25, 0.3) is 5.91 Å². The first kappa shape index (κ1) is 16.9. The monoisotopic (exact) mass is 325 g/mol. The molecule has 0 spiro atoms. The third-order valence-electron chi connectivity index (χ3n) is 3.96. The second-order valence-corrected chi connectivity index (χ2v) is 7.54. The summed E-state index contributed by atoms with van der Waals surface area (Å²) in [5.74, 6) is -0.372. The Labute approximate surface area is 131 Å². The Bertz CT molecular complexity index is 643. The van der Waals surface area contributed by atoms with E-state index in [-0.39, 0.29) is 23.7 Å². The van der Waals surface area contributed by atoms with Crippen LogP contribution in [-0.2, 0) is 15.8 Å². The van der Waals surface area contributed by atoms with Crippen molar-refractivity contribution in [3.8, 4) is 0 Å². The number of rotatable bonds is 4. The lowest BCUT2D eigenvalue weighted by Gasteiger charge is -2.38. The van der Waals surface area contributed by atoms with E-state index in [2.05, 4.69) is 0 Å². The average molecular weight is 325 g/mol. The van der Waals surface area contributed by atoms with Gasteiger partial charge in [-0.15, -0.1) is 0 Å². The molecule has 122 valence electrons. The number of sulfonamides is 1. The summed E-state index contributed by atoms with van der Waals surface area (Å²) in [5, 5.41) is 5.06. The number of primary sulfonamides is 1. The molecule has 2 rings (SSSR count). The number of hydrogen-bond donors (Lipinski definition) is 2. The minimum absolute atomic E-state index is 0.0307. The van der Waals surface area contributed by atoms with Crippen molar-refractivity contribution >= 4 is 15.9 Å². The van der Waals surface area contributed by atoms with Crippen LogP contribution in [0.4, 0.5) is 0 Å². The fraction of sp³-hybridized carbons (Fsp3) is 0.533. The van der Waals surface area contributed by atoms with Crippen LogP contribution < -0.4 is 10.9 Å². The number of carbonyl (C=O) groups excluding carboxylic acids is 1. The van der Waals surface area contributed by atoms with E-state index < -0.39 is 10.0 Å². The zero-order chi connectivity index (χ0) is 16.3. The van der Waals surface area contributed by atoms with E-state index in [4.69, 9.17) is 10.9 Å². The van der Waals surface area contributed by atoms with Gasteiger partial charge in [-0.25, -0.2) is 13.6 Å². The molecule has 2 atom stereocenters. The maximum absolute atomic E-state index is 12.7. The molecule has 1 amide bonds. The number of nitrogens with two attached hydrogens (primary N) is 2. The molecule has 1 heterocycles. The van der Waals surface area contributed by atoms with Gasteiger partial charge in [-0.05, 0) is 43.9 Å². The Morgan fingerprint density at radius 3 is 2.77 bits per heavy atom. The van der Waals surface area contributed by atoms with Gasteiger partial charge in [-0.2, -0.15) is 0 Å². The molecule has 6 nitrogen and oxygen atoms in total. The van der Waals surface area contributed by atoms with E-state index in [9.17, 15) is 13.2 Å². The van der Waals surface area contributed by atoms with Crippen LogP contribution in [0.1, 0.15) is 42.1 Å². The molecule has 7 heteroatoms. The number of amides is 1. The van der Waals surface area contributed by atoms with Crippen molar-refractivity contribution in [2.24, 2.45) is 10.9 Å². The van der Waals surface area contributed by atoms with Crippen LogP contribution in [0.2, 0.25) is 0 Å². The summed E-state index contributed by atoms with van der Waals surface area (Å²) in [5.41, 5.74) is 6.99. The van der Waals surface area contributed by atoms with Crippen LogP contribution in [0.5, 0.6) is 0 Å². The third-order valence-corrected chi connectivity index (χ3v) is 4.69. The number of benzene rings is 1. The zero-order valence-corrected chi connectivity index (χ0v) is 13.6. The summed E-state index contributed by atoms with van der Waals surface area (Å²) >= 11 is 0. The first-order valence-electron chi connectivity index (χ1n) is 7.44. The molecule has 0 radical (unpaired) electrons. The van der Waals surface area contributed by atoms with E-state index in [0.717, 1.165) is 19.3 Å². The van der Waals surface area contributed by atoms with E-state index in [1.165, 1.54) is 0 Å². The summed E-state index contributed by atoms with van der Waals surface area (Å²) in [6.45, 7) is 2.60. The highest BCUT2D eigenvalue weighted by Gasteiger charge is 2.29. The van der Waals surface area contributed by atoms with Crippen molar-refractivity contribution in [1.29, 1.82) is 0 Å². The molecule has 1 aliphatic heterocycles. The first-order chi connectivity index (χ1) is 10.3. The maximum Gasteiger partial charge on any atom is 0.254 e. The van der Waals surface area contributed by atoms with Crippen molar-refractivity contribution in [2.45, 2.75) is 44.0 Å². The van der Waals surface area contributed by atoms with Gasteiger partial charge in [-0.3, -0.25) is 4.79 Å². The van der Waals surface area contributed by atoms with Crippen LogP contribution in [-0.4, -0.2) is 37.9 Å². The fourth-order valence-electron chi connectivity index (χ4n) is 2.95. The number of piperidine rings is 1. The van der Waals surface area contributed by atoms with Crippen molar-refractivity contribution in [3.05, 3.63) is 35.4 Å². The standard InChI is InChI=1S/C15H23N3O3S/c1-11(16)14-7-2-3-8-18(14)15(19)13-6-4-5-12(9-13)10-22(17,20)21/h4-6,9,11,14H,2-3,7-8,10,16H2,1H3,(H2,17,20,21)/t11-,14-/m0/s1. The second-order valence-electron chi connectivity index (χ2n) is 5.93. The Morgan fingerprint density at radius 1 is 1.41 bits per heavy atom. The van der Waals surface area contributed by atoms with E-state index in [0.29, 0.717) is 17.7 Å². The van der Waals surface area contributed by atoms with Gasteiger partial charge in [0.15, 0.2) is 0 Å². The van der Waals surface area contributed by atoms with Gasteiger partial charge in [-0.1, -0.05) is 12.1 Å². The van der Waals surface area contributed by atoms with Gasteiger partial charge >= 0.3 is 0 Å². The molecule has 0 unspecified atom stereocenters. The number of likely N-dealkylation sites (tertiary alicyclic amines) is 1. The molecule has 1 aromatic carbocycles. The van der Waals surface area contributed by atoms with Crippen molar-refractivity contribution in [3.63, 3.8) is 0 Å². The van der Waals surface area contributed by atoms with Crippen molar-refractivity contribution in [2.75, 3.05) is 6.54 Å². The summed E-state index contributed by atoms with van der Waals surface area (Å²) in [4.78, 5) is 14.5. The van der Waals surface area contributed by atoms with Gasteiger partial charge in [0, 0.05) is 24.2 Å². The van der Waals surface area contributed by atoms with Crippen LogP contribution >= 0.6 is 0 Å². The fourth-order valence-corrected chi connectivity index (χ4v) is 3.59. The summed E-state index contributed by atoms with van der Waals surface area (Å²) < 4.78 is 22.4. The number of hydrogen-bond acceptors (Lipinski definition) is 4. The molecule has 0 aromatic heterocycles. The number of carbonyl (C=O) groups is 1. The van der Waals surface area contributed by atoms with Gasteiger partial charge in [0.1, 0.15) is 0 Å². The minimum Gasteiger partial charge on any atom is -0.334 e. The van der Waals surface area contributed by atoms with Gasteiger partial charge in [0.05, 0.1) is 5.75 Å². The molecule has 1 fully saturated rings. The van der Waals surface area contributed by atoms with E-state index in [1.54, 1.807) is 24.3 Å². The highest BCUT2D eigenvalue weighted by Crippen LogP contribution is 2.22. The summed E-state index contributed by atoms with van der Waals surface area (Å²) in [6.07, 6.45) is 2.94. The summed E-state index contributed by atoms with van der Waals surface area (Å²) in [6, 6.07) is 6.57. The van der Waals surface area contributed by atoms with Crippen molar-refractivity contribution in [1.82, 2.24) is 4.90 Å². The second kappa shape index (κ2) is 6.76. The largest absolute Gasteiger partial charge is 0.334 e. The Morgan fingerprint density at radius 2 is 2.14 bits per heavy atom. The SMILES string of the molecule is C[C@H](N)[C@@H]1CCCCN1C(=O)c1cccc(CS(N)(=O)=O)c1. The normalized spacial score (nSPS) is 20.7. The Balaban J connectivity index is 2.23. The third kappa shape index (κ3) is 4.28. The molecule has 0 bridgehead atoms. The zero-order valence-electron chi connectivity index (χ0n) is 12.7. The van der Waals surface area contributed by atoms with Gasteiger partial charge < -0.3 is 10.6 Å². The lowest BCUT2D eigenvalue weighted by atomic mass is 9.96. The highest BCUT2D eigenvalue weighted by molar-refractivity contribution is 7.88. The van der Waals surface area contributed by atoms with E-state index >= 15 is 0 Å². The predicted octanol–water partition coefficient (Wildman–Crippen LogP) is 0.817. The van der Waals surface area contributed by atoms with E-state index in [1.807, 2.05) is 11.8 Å².